The molecule has 122 valence electrons. The normalized spacial score (nSPS) is 16.8. The summed E-state index contributed by atoms with van der Waals surface area (Å²) in [5.41, 5.74) is 0.770. The SMILES string of the molecule is Cl.O=C(CCC1CCNC1)NCCc1ccccc1[N+](=O)[O-]. The fraction of sp³-hybridized carbons (Fsp3) is 0.533. The van der Waals surface area contributed by atoms with Crippen LogP contribution in [0.25, 0.3) is 0 Å². The summed E-state index contributed by atoms with van der Waals surface area (Å²) < 4.78 is 0. The predicted octanol–water partition coefficient (Wildman–Crippen LogP) is 2.06. The molecule has 1 aromatic carbocycles. The first kappa shape index (κ1) is 18.4. The first-order valence-corrected chi connectivity index (χ1v) is 7.36. The fourth-order valence-electron chi connectivity index (χ4n) is 2.62. The van der Waals surface area contributed by atoms with Crippen LogP contribution in [0.4, 0.5) is 5.69 Å². The zero-order chi connectivity index (χ0) is 15.1. The van der Waals surface area contributed by atoms with Crippen molar-refractivity contribution in [1.82, 2.24) is 10.6 Å². The minimum Gasteiger partial charge on any atom is -0.356 e. The first-order chi connectivity index (χ1) is 10.2. The molecular weight excluding hydrogens is 306 g/mol. The van der Waals surface area contributed by atoms with Crippen LogP contribution in [-0.2, 0) is 11.2 Å². The predicted molar refractivity (Wildman–Crippen MR) is 87.3 cm³/mol. The quantitative estimate of drug-likeness (QED) is 0.593. The average molecular weight is 328 g/mol. The Labute approximate surface area is 136 Å². The summed E-state index contributed by atoms with van der Waals surface area (Å²) in [5.74, 6) is 0.631. The second kappa shape index (κ2) is 9.38. The molecule has 7 heteroatoms. The third-order valence-electron chi connectivity index (χ3n) is 3.85. The molecule has 0 bridgehead atoms. The van der Waals surface area contributed by atoms with Crippen molar-refractivity contribution in [1.29, 1.82) is 0 Å². The maximum absolute atomic E-state index is 11.7. The second-order valence-corrected chi connectivity index (χ2v) is 5.38. The van der Waals surface area contributed by atoms with Crippen LogP contribution in [0.2, 0.25) is 0 Å². The van der Waals surface area contributed by atoms with Crippen molar-refractivity contribution in [2.24, 2.45) is 5.92 Å². The number of hydrogen-bond donors (Lipinski definition) is 2. The molecule has 0 spiro atoms. The Balaban J connectivity index is 0.00000242. The fourth-order valence-corrected chi connectivity index (χ4v) is 2.62. The van der Waals surface area contributed by atoms with Gasteiger partial charge in [-0.2, -0.15) is 0 Å². The van der Waals surface area contributed by atoms with Crippen LogP contribution in [0.5, 0.6) is 0 Å². The van der Waals surface area contributed by atoms with E-state index < -0.39 is 0 Å². The van der Waals surface area contributed by atoms with Crippen LogP contribution in [0, 0.1) is 16.0 Å². The van der Waals surface area contributed by atoms with Crippen LogP contribution in [0.1, 0.15) is 24.8 Å². The van der Waals surface area contributed by atoms with Gasteiger partial charge in [0.05, 0.1) is 4.92 Å². The summed E-state index contributed by atoms with van der Waals surface area (Å²) in [5, 5.41) is 17.0. The lowest BCUT2D eigenvalue weighted by Crippen LogP contribution is -2.26. The van der Waals surface area contributed by atoms with Crippen LogP contribution in [0.3, 0.4) is 0 Å². The van der Waals surface area contributed by atoms with Crippen molar-refractivity contribution < 1.29 is 9.72 Å². The molecule has 2 N–H and O–H groups in total. The van der Waals surface area contributed by atoms with Gasteiger partial charge in [-0.15, -0.1) is 12.4 Å². The summed E-state index contributed by atoms with van der Waals surface area (Å²) in [6, 6.07) is 6.64. The molecule has 0 aromatic heterocycles. The van der Waals surface area contributed by atoms with Crippen molar-refractivity contribution in [3.05, 3.63) is 39.9 Å². The molecule has 1 aliphatic heterocycles. The third kappa shape index (κ3) is 5.61. The van der Waals surface area contributed by atoms with Gasteiger partial charge >= 0.3 is 0 Å². The van der Waals surface area contributed by atoms with Gasteiger partial charge in [0.2, 0.25) is 5.91 Å². The molecule has 6 nitrogen and oxygen atoms in total. The first-order valence-electron chi connectivity index (χ1n) is 7.36. The molecule has 1 heterocycles. The van der Waals surface area contributed by atoms with E-state index in [2.05, 4.69) is 10.6 Å². The highest BCUT2D eigenvalue weighted by Crippen LogP contribution is 2.17. The molecule has 1 aromatic rings. The number of para-hydroxylation sites is 1. The Bertz CT molecular complexity index is 505. The topological polar surface area (TPSA) is 84.3 Å². The maximum atomic E-state index is 11.7. The van der Waals surface area contributed by atoms with E-state index in [1.807, 2.05) is 0 Å². The molecule has 22 heavy (non-hydrogen) atoms. The zero-order valence-electron chi connectivity index (χ0n) is 12.4. The lowest BCUT2D eigenvalue weighted by Gasteiger charge is -2.09. The molecule has 1 atom stereocenters. The Kier molecular flexibility index (Phi) is 7.84. The summed E-state index contributed by atoms with van der Waals surface area (Å²) in [6.45, 7) is 2.49. The number of benzene rings is 1. The maximum Gasteiger partial charge on any atom is 0.272 e. The number of nitro groups is 1. The Hall–Kier alpha value is -1.66. The molecular formula is C15H22ClN3O3. The number of hydrogen-bond acceptors (Lipinski definition) is 4. The Morgan fingerprint density at radius 1 is 1.41 bits per heavy atom. The number of amides is 1. The van der Waals surface area contributed by atoms with Gasteiger partial charge in [-0.25, -0.2) is 0 Å². The third-order valence-corrected chi connectivity index (χ3v) is 3.85. The molecule has 0 aliphatic carbocycles. The molecule has 1 amide bonds. The highest BCUT2D eigenvalue weighted by Gasteiger charge is 2.16. The Morgan fingerprint density at radius 3 is 2.86 bits per heavy atom. The summed E-state index contributed by atoms with van der Waals surface area (Å²) in [7, 11) is 0. The number of rotatable bonds is 7. The van der Waals surface area contributed by atoms with Gasteiger partial charge in [0.1, 0.15) is 0 Å². The highest BCUT2D eigenvalue weighted by atomic mass is 35.5. The minimum atomic E-state index is -0.385. The van der Waals surface area contributed by atoms with Crippen LogP contribution in [0.15, 0.2) is 24.3 Å². The summed E-state index contributed by atoms with van der Waals surface area (Å²) >= 11 is 0. The lowest BCUT2D eigenvalue weighted by molar-refractivity contribution is -0.385. The van der Waals surface area contributed by atoms with Crippen molar-refractivity contribution in [2.45, 2.75) is 25.7 Å². The van der Waals surface area contributed by atoms with Crippen molar-refractivity contribution >= 4 is 24.0 Å². The van der Waals surface area contributed by atoms with E-state index >= 15 is 0 Å². The van der Waals surface area contributed by atoms with E-state index in [-0.39, 0.29) is 28.9 Å². The van der Waals surface area contributed by atoms with Gasteiger partial charge in [0.25, 0.3) is 5.69 Å². The van der Waals surface area contributed by atoms with Crippen LogP contribution >= 0.6 is 12.4 Å². The van der Waals surface area contributed by atoms with E-state index in [0.29, 0.717) is 30.9 Å². The number of halogens is 1. The number of carbonyl (C=O) groups excluding carboxylic acids is 1. The second-order valence-electron chi connectivity index (χ2n) is 5.38. The lowest BCUT2D eigenvalue weighted by atomic mass is 10.0. The van der Waals surface area contributed by atoms with Crippen LogP contribution in [-0.4, -0.2) is 30.5 Å². The molecule has 2 rings (SSSR count). The largest absolute Gasteiger partial charge is 0.356 e. The molecule has 1 fully saturated rings. The van der Waals surface area contributed by atoms with E-state index in [1.54, 1.807) is 18.2 Å². The van der Waals surface area contributed by atoms with Gasteiger partial charge in [-0.3, -0.25) is 14.9 Å². The van der Waals surface area contributed by atoms with Crippen molar-refractivity contribution in [3.8, 4) is 0 Å². The van der Waals surface area contributed by atoms with Crippen LogP contribution < -0.4 is 10.6 Å². The summed E-state index contributed by atoms with van der Waals surface area (Å²) in [6.07, 6.45) is 3.06. The summed E-state index contributed by atoms with van der Waals surface area (Å²) in [4.78, 5) is 22.2. The number of carbonyl (C=O) groups is 1. The Morgan fingerprint density at radius 2 is 2.18 bits per heavy atom. The zero-order valence-corrected chi connectivity index (χ0v) is 13.2. The van der Waals surface area contributed by atoms with Crippen molar-refractivity contribution in [2.75, 3.05) is 19.6 Å². The molecule has 1 unspecified atom stereocenters. The molecule has 0 radical (unpaired) electrons. The average Bonchev–Trinajstić information content (AvgIpc) is 2.99. The van der Waals surface area contributed by atoms with Gasteiger partial charge < -0.3 is 10.6 Å². The highest BCUT2D eigenvalue weighted by molar-refractivity contribution is 5.85. The number of nitrogens with one attached hydrogen (secondary N) is 2. The smallest absolute Gasteiger partial charge is 0.272 e. The molecule has 1 aliphatic rings. The van der Waals surface area contributed by atoms with Gasteiger partial charge in [0.15, 0.2) is 0 Å². The van der Waals surface area contributed by atoms with Gasteiger partial charge in [0, 0.05) is 24.6 Å². The van der Waals surface area contributed by atoms with Gasteiger partial charge in [-0.1, -0.05) is 18.2 Å². The monoisotopic (exact) mass is 327 g/mol. The number of nitro benzene ring substituents is 1. The van der Waals surface area contributed by atoms with E-state index in [0.717, 1.165) is 25.9 Å². The minimum absolute atomic E-state index is 0. The van der Waals surface area contributed by atoms with E-state index in [9.17, 15) is 14.9 Å². The number of nitrogens with zero attached hydrogens (tertiary/aromatic N) is 1. The molecule has 0 saturated carbocycles. The van der Waals surface area contributed by atoms with Crippen molar-refractivity contribution in [3.63, 3.8) is 0 Å². The van der Waals surface area contributed by atoms with E-state index in [4.69, 9.17) is 0 Å². The van der Waals surface area contributed by atoms with E-state index in [1.165, 1.54) is 6.07 Å². The van der Waals surface area contributed by atoms with Gasteiger partial charge in [-0.05, 0) is 38.3 Å². The standard InChI is InChI=1S/C15H21N3O3.ClH/c19-15(6-5-12-7-9-16-11-12)17-10-8-13-3-1-2-4-14(13)18(20)21;/h1-4,12,16H,5-11H2,(H,17,19);1H. The molecule has 1 saturated heterocycles.